The zero-order valence-corrected chi connectivity index (χ0v) is 16.1. The van der Waals surface area contributed by atoms with Crippen molar-refractivity contribution in [2.24, 2.45) is 0 Å². The van der Waals surface area contributed by atoms with Crippen LogP contribution >= 0.6 is 0 Å². The van der Waals surface area contributed by atoms with E-state index in [0.29, 0.717) is 11.5 Å². The topological polar surface area (TPSA) is 102 Å². The minimum Gasteiger partial charge on any atom is -0.379 e. The second-order valence-electron chi connectivity index (χ2n) is 6.87. The Labute approximate surface area is 162 Å². The molecule has 3 heterocycles. The molecule has 0 aliphatic heterocycles. The number of nitrogen functional groups attached to an aromatic ring is 1. The summed E-state index contributed by atoms with van der Waals surface area (Å²) in [4.78, 5) is 13.2. The zero-order valence-electron chi connectivity index (χ0n) is 16.1. The molecule has 0 aliphatic carbocycles. The molecule has 4 rings (SSSR count). The molecule has 0 atom stereocenters. The fraction of sp³-hybridized carbons (Fsp3) is 0.263. The van der Waals surface area contributed by atoms with Gasteiger partial charge in [-0.2, -0.15) is 0 Å². The second-order valence-corrected chi connectivity index (χ2v) is 6.87. The lowest BCUT2D eigenvalue weighted by molar-refractivity contribution is 0.310. The van der Waals surface area contributed by atoms with Crippen LogP contribution in [0.5, 0.6) is 0 Å². The molecular weight excluding hydrogens is 356 g/mol. The van der Waals surface area contributed by atoms with Crippen LogP contribution in [0.15, 0.2) is 47.4 Å². The highest BCUT2D eigenvalue weighted by Crippen LogP contribution is 2.30. The Balaban J connectivity index is 1.76. The van der Waals surface area contributed by atoms with Crippen LogP contribution in [0.25, 0.3) is 28.2 Å². The molecule has 2 N–H and O–H groups in total. The Morgan fingerprint density at radius 2 is 1.82 bits per heavy atom. The molecule has 0 fully saturated rings. The van der Waals surface area contributed by atoms with Crippen LogP contribution < -0.4 is 10.6 Å². The van der Waals surface area contributed by atoms with Crippen LogP contribution in [0.4, 0.5) is 11.5 Å². The van der Waals surface area contributed by atoms with E-state index in [0.717, 1.165) is 35.5 Å². The Morgan fingerprint density at radius 1 is 1.04 bits per heavy atom. The predicted molar refractivity (Wildman–Crippen MR) is 108 cm³/mol. The number of fused-ring (bicyclic) bond motifs is 1. The summed E-state index contributed by atoms with van der Waals surface area (Å²) in [7, 11) is 6.23. The van der Waals surface area contributed by atoms with E-state index in [-0.39, 0.29) is 5.82 Å². The van der Waals surface area contributed by atoms with Crippen molar-refractivity contribution in [3.63, 3.8) is 0 Å². The maximum atomic E-state index is 5.92. The van der Waals surface area contributed by atoms with E-state index in [1.54, 1.807) is 12.4 Å². The second kappa shape index (κ2) is 7.28. The Morgan fingerprint density at radius 3 is 2.50 bits per heavy atom. The summed E-state index contributed by atoms with van der Waals surface area (Å²) in [5, 5.41) is 7.61. The van der Waals surface area contributed by atoms with Gasteiger partial charge < -0.3 is 15.5 Å². The summed E-state index contributed by atoms with van der Waals surface area (Å²) in [6.45, 7) is 1.93. The van der Waals surface area contributed by atoms with Gasteiger partial charge in [0.15, 0.2) is 17.3 Å². The molecule has 0 spiro atoms. The fourth-order valence-electron chi connectivity index (χ4n) is 3.04. The van der Waals surface area contributed by atoms with Crippen LogP contribution in [0, 0.1) is 0 Å². The summed E-state index contributed by atoms with van der Waals surface area (Å²) in [5.74, 6) is 0.764. The third-order valence-corrected chi connectivity index (χ3v) is 4.61. The van der Waals surface area contributed by atoms with Crippen LogP contribution in [0.1, 0.15) is 0 Å². The number of nitrogens with zero attached hydrogens (tertiary/aromatic N) is 7. The van der Waals surface area contributed by atoms with Gasteiger partial charge in [-0.05, 0) is 54.7 Å². The first kappa shape index (κ1) is 17.9. The van der Waals surface area contributed by atoms with Gasteiger partial charge in [0.05, 0.1) is 11.7 Å². The molecule has 9 heteroatoms. The smallest absolute Gasteiger partial charge is 0.199 e. The molecule has 144 valence electrons. The molecule has 0 saturated carbocycles. The third kappa shape index (κ3) is 3.27. The Hall–Kier alpha value is -3.46. The van der Waals surface area contributed by atoms with Crippen molar-refractivity contribution < 1.29 is 4.63 Å². The summed E-state index contributed by atoms with van der Waals surface area (Å²) in [5.41, 5.74) is 10.0. The first-order valence-corrected chi connectivity index (χ1v) is 8.92. The van der Waals surface area contributed by atoms with E-state index in [2.05, 4.69) is 75.5 Å². The largest absolute Gasteiger partial charge is 0.379 e. The quantitative estimate of drug-likeness (QED) is 0.544. The van der Waals surface area contributed by atoms with Crippen molar-refractivity contribution in [1.82, 2.24) is 29.7 Å². The van der Waals surface area contributed by atoms with Gasteiger partial charge in [0, 0.05) is 37.7 Å². The van der Waals surface area contributed by atoms with Crippen LogP contribution in [0.3, 0.4) is 0 Å². The molecule has 0 amide bonds. The van der Waals surface area contributed by atoms with Crippen LogP contribution in [-0.4, -0.2) is 64.0 Å². The number of benzene rings is 1. The summed E-state index contributed by atoms with van der Waals surface area (Å²) in [6.07, 6.45) is 3.44. The van der Waals surface area contributed by atoms with Gasteiger partial charge >= 0.3 is 0 Å². The van der Waals surface area contributed by atoms with Crippen molar-refractivity contribution in [2.75, 3.05) is 44.9 Å². The van der Waals surface area contributed by atoms with Gasteiger partial charge in [0.2, 0.25) is 0 Å². The van der Waals surface area contributed by atoms with Crippen molar-refractivity contribution in [1.29, 1.82) is 0 Å². The van der Waals surface area contributed by atoms with Crippen molar-refractivity contribution in [3.05, 3.63) is 42.7 Å². The standard InChI is InChI=1S/C19H22N8O/c1-25(2)10-11-26(3)13-4-6-14(7-5-13)27-16-8-9-21-12-15(16)22-19(27)17-18(20)24-28-23-17/h4-9,12H,10-11H2,1-3H3,(H2,20,24). The number of anilines is 2. The summed E-state index contributed by atoms with van der Waals surface area (Å²) >= 11 is 0. The van der Waals surface area contributed by atoms with Gasteiger partial charge in [-0.3, -0.25) is 9.55 Å². The predicted octanol–water partition coefficient (Wildman–Crippen LogP) is 2.05. The van der Waals surface area contributed by atoms with Gasteiger partial charge in [-0.15, -0.1) is 0 Å². The van der Waals surface area contributed by atoms with Crippen molar-refractivity contribution in [2.45, 2.75) is 0 Å². The van der Waals surface area contributed by atoms with Gasteiger partial charge in [0.25, 0.3) is 0 Å². The van der Waals surface area contributed by atoms with E-state index >= 15 is 0 Å². The number of nitrogens with two attached hydrogens (primary N) is 1. The first-order chi connectivity index (χ1) is 13.5. The number of pyridine rings is 1. The number of hydrogen-bond acceptors (Lipinski definition) is 8. The summed E-state index contributed by atoms with van der Waals surface area (Å²) in [6, 6.07) is 10.2. The highest BCUT2D eigenvalue weighted by atomic mass is 16.6. The number of imidazole rings is 1. The lowest BCUT2D eigenvalue weighted by Crippen LogP contribution is -2.28. The SMILES string of the molecule is CN(C)CCN(C)c1ccc(-n2c(-c3nonc3N)nc3cnccc32)cc1. The lowest BCUT2D eigenvalue weighted by Gasteiger charge is -2.22. The van der Waals surface area contributed by atoms with E-state index in [9.17, 15) is 0 Å². The molecule has 9 nitrogen and oxygen atoms in total. The highest BCUT2D eigenvalue weighted by Gasteiger charge is 2.20. The lowest BCUT2D eigenvalue weighted by atomic mass is 10.2. The third-order valence-electron chi connectivity index (χ3n) is 4.61. The number of aromatic nitrogens is 5. The van der Waals surface area contributed by atoms with Crippen LogP contribution in [-0.2, 0) is 0 Å². The number of likely N-dealkylation sites (N-methyl/N-ethyl adjacent to an activating group) is 2. The Bertz CT molecular complexity index is 1080. The van der Waals surface area contributed by atoms with Gasteiger partial charge in [0.1, 0.15) is 5.52 Å². The van der Waals surface area contributed by atoms with Crippen LogP contribution in [0.2, 0.25) is 0 Å². The average molecular weight is 378 g/mol. The minimum atomic E-state index is 0.199. The van der Waals surface area contributed by atoms with Crippen molar-refractivity contribution >= 4 is 22.5 Å². The normalized spacial score (nSPS) is 11.4. The fourth-order valence-corrected chi connectivity index (χ4v) is 3.04. The molecule has 0 bridgehead atoms. The number of rotatable bonds is 6. The maximum Gasteiger partial charge on any atom is 0.199 e. The average Bonchev–Trinajstić information content (AvgIpc) is 3.29. The Kier molecular flexibility index (Phi) is 4.66. The van der Waals surface area contributed by atoms with E-state index < -0.39 is 0 Å². The van der Waals surface area contributed by atoms with Crippen molar-refractivity contribution in [3.8, 4) is 17.2 Å². The molecule has 1 aromatic carbocycles. The molecule has 0 saturated heterocycles. The molecule has 0 unspecified atom stereocenters. The minimum absolute atomic E-state index is 0.199. The van der Waals surface area contributed by atoms with Gasteiger partial charge in [-0.1, -0.05) is 0 Å². The molecular formula is C19H22N8O. The molecule has 3 aromatic heterocycles. The molecule has 4 aromatic rings. The van der Waals surface area contributed by atoms with E-state index in [1.165, 1.54) is 0 Å². The molecule has 28 heavy (non-hydrogen) atoms. The molecule has 0 aliphatic rings. The number of hydrogen-bond donors (Lipinski definition) is 1. The molecule has 0 radical (unpaired) electrons. The zero-order chi connectivity index (χ0) is 19.7. The maximum absolute atomic E-state index is 5.92. The first-order valence-electron chi connectivity index (χ1n) is 8.92. The van der Waals surface area contributed by atoms with Gasteiger partial charge in [-0.25, -0.2) is 9.61 Å². The van der Waals surface area contributed by atoms with E-state index in [1.807, 2.05) is 10.6 Å². The summed E-state index contributed by atoms with van der Waals surface area (Å²) < 4.78 is 6.76. The monoisotopic (exact) mass is 378 g/mol. The highest BCUT2D eigenvalue weighted by molar-refractivity contribution is 5.83. The van der Waals surface area contributed by atoms with E-state index in [4.69, 9.17) is 10.4 Å².